The molecule has 3 nitrogen and oxygen atoms in total. The molecule has 0 aromatic carbocycles. The van der Waals surface area contributed by atoms with Crippen molar-refractivity contribution in [3.05, 3.63) is 142 Å². The van der Waals surface area contributed by atoms with Crippen LogP contribution in [0.15, 0.2) is 142 Å². The Morgan fingerprint density at radius 3 is 2.47 bits per heavy atom. The van der Waals surface area contributed by atoms with E-state index in [0.717, 1.165) is 64.5 Å². The second kappa shape index (κ2) is 16.1. The van der Waals surface area contributed by atoms with Crippen molar-refractivity contribution in [1.82, 2.24) is 16.2 Å². The first kappa shape index (κ1) is 32.2. The van der Waals surface area contributed by atoms with Crippen LogP contribution < -0.4 is 16.2 Å². The van der Waals surface area contributed by atoms with Crippen LogP contribution in [-0.2, 0) is 0 Å². The first-order valence-electron chi connectivity index (χ1n) is 18.8. The normalized spacial score (nSPS) is 27.7. The van der Waals surface area contributed by atoms with Gasteiger partial charge in [-0.15, -0.1) is 0 Å². The second-order valence-electron chi connectivity index (χ2n) is 14.4. The van der Waals surface area contributed by atoms with E-state index in [1.54, 1.807) is 11.1 Å². The van der Waals surface area contributed by atoms with Crippen molar-refractivity contribution in [2.75, 3.05) is 13.1 Å². The molecule has 0 radical (unpaired) electrons. The van der Waals surface area contributed by atoms with Gasteiger partial charge in [-0.2, -0.15) is 0 Å². The fraction of sp³-hybridized carbons (Fsp3) is 0.455. The van der Waals surface area contributed by atoms with Crippen molar-refractivity contribution in [3.63, 3.8) is 0 Å². The quantitative estimate of drug-likeness (QED) is 0.149. The molecule has 0 aromatic heterocycles. The van der Waals surface area contributed by atoms with Crippen LogP contribution >= 0.6 is 0 Å². The molecule has 3 heteroatoms. The Kier molecular flexibility index (Phi) is 11.0. The van der Waals surface area contributed by atoms with Gasteiger partial charge in [0, 0.05) is 36.7 Å². The topological polar surface area (TPSA) is 36.1 Å². The van der Waals surface area contributed by atoms with Gasteiger partial charge in [0.15, 0.2) is 0 Å². The number of hydrogen-bond acceptors (Lipinski definition) is 3. The van der Waals surface area contributed by atoms with Gasteiger partial charge in [-0.05, 0) is 129 Å². The lowest BCUT2D eigenvalue weighted by atomic mass is 9.77. The summed E-state index contributed by atoms with van der Waals surface area (Å²) in [5.74, 6) is 1.39. The van der Waals surface area contributed by atoms with Crippen LogP contribution in [0.5, 0.6) is 0 Å². The summed E-state index contributed by atoms with van der Waals surface area (Å²) in [5, 5.41) is 4.01. The Labute approximate surface area is 284 Å². The van der Waals surface area contributed by atoms with Gasteiger partial charge in [-0.25, -0.2) is 0 Å². The monoisotopic (exact) mass is 625 g/mol. The van der Waals surface area contributed by atoms with Gasteiger partial charge in [0.05, 0.1) is 0 Å². The summed E-state index contributed by atoms with van der Waals surface area (Å²) in [7, 11) is 0. The number of hydrogen-bond donors (Lipinski definition) is 3. The molecular weight excluding hydrogens is 571 g/mol. The van der Waals surface area contributed by atoms with Crippen molar-refractivity contribution in [2.24, 2.45) is 17.8 Å². The van der Waals surface area contributed by atoms with Crippen LogP contribution in [0.4, 0.5) is 0 Å². The Balaban J connectivity index is 1.09. The molecular formula is C44H55N3. The van der Waals surface area contributed by atoms with Crippen molar-refractivity contribution in [2.45, 2.75) is 95.9 Å². The molecule has 3 unspecified atom stereocenters. The predicted molar refractivity (Wildman–Crippen MR) is 199 cm³/mol. The summed E-state index contributed by atoms with van der Waals surface area (Å²) < 4.78 is 0. The molecule has 0 aliphatic heterocycles. The van der Waals surface area contributed by atoms with Crippen LogP contribution in [0.3, 0.4) is 0 Å². The van der Waals surface area contributed by atoms with Crippen molar-refractivity contribution >= 4 is 0 Å². The highest BCUT2D eigenvalue weighted by atomic mass is 15.4. The van der Waals surface area contributed by atoms with Gasteiger partial charge in [-0.1, -0.05) is 103 Å². The predicted octanol–water partition coefficient (Wildman–Crippen LogP) is 10.0. The molecule has 0 aromatic rings. The van der Waals surface area contributed by atoms with Crippen molar-refractivity contribution in [1.29, 1.82) is 0 Å². The summed E-state index contributed by atoms with van der Waals surface area (Å²) in [6.07, 6.45) is 54.9. The smallest absolute Gasteiger partial charge is 0.0310 e. The number of fused-ring (bicyclic) bond motifs is 1. The number of nitrogens with one attached hydrogen (secondary N) is 3. The van der Waals surface area contributed by atoms with E-state index in [-0.39, 0.29) is 0 Å². The van der Waals surface area contributed by atoms with E-state index >= 15 is 0 Å². The maximum absolute atomic E-state index is 4.01. The summed E-state index contributed by atoms with van der Waals surface area (Å²) >= 11 is 0. The van der Waals surface area contributed by atoms with Crippen LogP contribution in [0.25, 0.3) is 0 Å². The Morgan fingerprint density at radius 2 is 1.62 bits per heavy atom. The molecule has 0 bridgehead atoms. The van der Waals surface area contributed by atoms with E-state index in [2.05, 4.69) is 113 Å². The maximum atomic E-state index is 4.01. The van der Waals surface area contributed by atoms with E-state index in [1.165, 1.54) is 72.1 Å². The summed E-state index contributed by atoms with van der Waals surface area (Å²) in [4.78, 5) is 0. The second-order valence-corrected chi connectivity index (χ2v) is 14.4. The Bertz CT molecular complexity index is 1530. The first-order chi connectivity index (χ1) is 23.3. The van der Waals surface area contributed by atoms with Crippen molar-refractivity contribution in [3.8, 4) is 0 Å². The standard InChI is InChI=1S/C44H55N3/c1-4-14-33(15-5-1)32-46-47-43(41-30-39(34-16-6-2-7-17-34)29-40(31-41)35-18-8-3-9-19-35)26-27-45-44-23-13-12-22-42(44)38-25-24-36-20-10-11-21-37(36)28-38/h2,6-8,10,12,14,16,18-20,22,24,28-30,34,38,41,43,45-47H,1,3-5,9,11,13,15,17,21,23,25-27,31-32H2/t34?,38-,41?,43?/m1/s1. The molecule has 0 fully saturated rings. The fourth-order valence-corrected chi connectivity index (χ4v) is 8.45. The van der Waals surface area contributed by atoms with E-state index in [1.807, 2.05) is 0 Å². The average molecular weight is 626 g/mol. The van der Waals surface area contributed by atoms with Gasteiger partial charge in [-0.3, -0.25) is 10.9 Å². The minimum atomic E-state index is 0.334. The zero-order valence-corrected chi connectivity index (χ0v) is 28.4. The maximum Gasteiger partial charge on any atom is 0.0310 e. The van der Waals surface area contributed by atoms with Crippen molar-refractivity contribution < 1.29 is 0 Å². The SMILES string of the molecule is C1=CCC(C2=CC(C(CCNC3=C([C@H]4C=C5CCC=CC5=CC4)C=CCC3)NNCC3=CCCCC3)CC(C3=CCCC=C3)=C2)C=C1. The van der Waals surface area contributed by atoms with Gasteiger partial charge in [0.1, 0.15) is 0 Å². The molecule has 7 aliphatic carbocycles. The van der Waals surface area contributed by atoms with Crippen LogP contribution in [0, 0.1) is 17.8 Å². The number of rotatable bonds is 12. The highest BCUT2D eigenvalue weighted by molar-refractivity contribution is 5.50. The fourth-order valence-electron chi connectivity index (χ4n) is 8.45. The Hall–Kier alpha value is -3.40. The molecule has 7 rings (SSSR count). The minimum Gasteiger partial charge on any atom is -0.388 e. The molecule has 7 aliphatic rings. The molecule has 0 saturated heterocycles. The third-order valence-corrected chi connectivity index (χ3v) is 11.1. The van der Waals surface area contributed by atoms with E-state index < -0.39 is 0 Å². The lowest BCUT2D eigenvalue weighted by Gasteiger charge is -2.33. The van der Waals surface area contributed by atoms with E-state index in [9.17, 15) is 0 Å². The molecule has 4 atom stereocenters. The Morgan fingerprint density at radius 1 is 0.723 bits per heavy atom. The van der Waals surface area contributed by atoms with Crippen LogP contribution in [-0.4, -0.2) is 19.1 Å². The molecule has 246 valence electrons. The number of hydrazine groups is 1. The van der Waals surface area contributed by atoms with E-state index in [4.69, 9.17) is 0 Å². The molecule has 0 amide bonds. The molecule has 0 spiro atoms. The highest BCUT2D eigenvalue weighted by Crippen LogP contribution is 2.38. The van der Waals surface area contributed by atoms with E-state index in [0.29, 0.717) is 23.8 Å². The molecule has 3 N–H and O–H groups in total. The highest BCUT2D eigenvalue weighted by Gasteiger charge is 2.28. The van der Waals surface area contributed by atoms with Gasteiger partial charge in [0.2, 0.25) is 0 Å². The van der Waals surface area contributed by atoms with Crippen LogP contribution in [0.2, 0.25) is 0 Å². The summed E-state index contributed by atoms with van der Waals surface area (Å²) in [5.41, 5.74) is 19.6. The molecule has 0 saturated carbocycles. The van der Waals surface area contributed by atoms with Gasteiger partial charge >= 0.3 is 0 Å². The average Bonchev–Trinajstić information content (AvgIpc) is 3.15. The zero-order chi connectivity index (χ0) is 31.7. The zero-order valence-electron chi connectivity index (χ0n) is 28.4. The van der Waals surface area contributed by atoms with Gasteiger partial charge in [0.25, 0.3) is 0 Å². The third-order valence-electron chi connectivity index (χ3n) is 11.1. The minimum absolute atomic E-state index is 0.334. The third kappa shape index (κ3) is 8.37. The summed E-state index contributed by atoms with van der Waals surface area (Å²) in [6.45, 7) is 1.93. The largest absolute Gasteiger partial charge is 0.388 e. The summed E-state index contributed by atoms with van der Waals surface area (Å²) in [6, 6.07) is 0.334. The molecule has 0 heterocycles. The van der Waals surface area contributed by atoms with Crippen LogP contribution in [0.1, 0.15) is 89.9 Å². The lowest BCUT2D eigenvalue weighted by Crippen LogP contribution is -2.47. The van der Waals surface area contributed by atoms with Gasteiger partial charge < -0.3 is 5.32 Å². The first-order valence-corrected chi connectivity index (χ1v) is 18.8. The number of allylic oxidation sites excluding steroid dienone is 22. The molecule has 47 heavy (non-hydrogen) atoms. The lowest BCUT2D eigenvalue weighted by molar-refractivity contribution is 0.336.